The average Bonchev–Trinajstić information content (AvgIpc) is 2.85. The van der Waals surface area contributed by atoms with Crippen molar-refractivity contribution in [2.24, 2.45) is 0 Å². The van der Waals surface area contributed by atoms with Crippen molar-refractivity contribution in [2.75, 3.05) is 0 Å². The zero-order valence-corrected chi connectivity index (χ0v) is 9.60. The topological polar surface area (TPSA) is 48.0 Å². The molecule has 2 rings (SSSR count). The average molecular weight is 218 g/mol. The van der Waals surface area contributed by atoms with Crippen LogP contribution in [0.4, 0.5) is 0 Å². The van der Waals surface area contributed by atoms with E-state index in [0.717, 1.165) is 23.3 Å². The van der Waals surface area contributed by atoms with Crippen LogP contribution in [0.1, 0.15) is 40.5 Å². The minimum atomic E-state index is 0.0569. The number of carbonyl (C=O) groups excluding carboxylic acids is 1. The van der Waals surface area contributed by atoms with E-state index >= 15 is 0 Å². The van der Waals surface area contributed by atoms with Gasteiger partial charge in [-0.25, -0.2) is 0 Å². The molecular formula is C12H14N2O2. The van der Waals surface area contributed by atoms with Crippen molar-refractivity contribution >= 4 is 6.29 Å². The minimum absolute atomic E-state index is 0.0569. The van der Waals surface area contributed by atoms with E-state index in [1.165, 1.54) is 0 Å². The fourth-order valence-corrected chi connectivity index (χ4v) is 2.08. The maximum atomic E-state index is 10.9. The molecule has 2 aromatic heterocycles. The predicted molar refractivity (Wildman–Crippen MR) is 59.6 cm³/mol. The van der Waals surface area contributed by atoms with Crippen LogP contribution in [-0.4, -0.2) is 16.0 Å². The summed E-state index contributed by atoms with van der Waals surface area (Å²) in [5, 5.41) is 3.93. The van der Waals surface area contributed by atoms with E-state index in [4.69, 9.17) is 4.52 Å². The van der Waals surface area contributed by atoms with Crippen LogP contribution in [0, 0.1) is 13.8 Å². The van der Waals surface area contributed by atoms with Crippen LogP contribution in [0.15, 0.2) is 22.9 Å². The van der Waals surface area contributed by atoms with Crippen LogP contribution in [0.5, 0.6) is 0 Å². The molecule has 16 heavy (non-hydrogen) atoms. The van der Waals surface area contributed by atoms with Crippen molar-refractivity contribution < 1.29 is 9.32 Å². The lowest BCUT2D eigenvalue weighted by molar-refractivity contribution is 0.111. The second kappa shape index (κ2) is 3.96. The van der Waals surface area contributed by atoms with Gasteiger partial charge in [-0.1, -0.05) is 5.16 Å². The molecule has 2 heterocycles. The summed E-state index contributed by atoms with van der Waals surface area (Å²) in [6.45, 7) is 5.82. The molecule has 0 bridgehead atoms. The summed E-state index contributed by atoms with van der Waals surface area (Å²) >= 11 is 0. The zero-order valence-electron chi connectivity index (χ0n) is 9.60. The lowest BCUT2D eigenvalue weighted by atomic mass is 10.1. The number of nitrogens with zero attached hydrogens (tertiary/aromatic N) is 2. The monoisotopic (exact) mass is 218 g/mol. The second-order valence-electron chi connectivity index (χ2n) is 3.87. The van der Waals surface area contributed by atoms with Gasteiger partial charge < -0.3 is 9.09 Å². The Morgan fingerprint density at radius 1 is 1.50 bits per heavy atom. The van der Waals surface area contributed by atoms with Crippen LogP contribution < -0.4 is 0 Å². The van der Waals surface area contributed by atoms with Crippen molar-refractivity contribution in [1.29, 1.82) is 0 Å². The lowest BCUT2D eigenvalue weighted by Crippen LogP contribution is -2.10. The largest absolute Gasteiger partial charge is 0.361 e. The lowest BCUT2D eigenvalue weighted by Gasteiger charge is -2.15. The molecule has 0 spiro atoms. The first-order valence-electron chi connectivity index (χ1n) is 5.20. The van der Waals surface area contributed by atoms with E-state index in [9.17, 15) is 4.79 Å². The molecule has 0 aliphatic heterocycles. The molecule has 0 aliphatic carbocycles. The number of aryl methyl sites for hydroxylation is 2. The van der Waals surface area contributed by atoms with Gasteiger partial charge >= 0.3 is 0 Å². The number of aldehydes is 1. The van der Waals surface area contributed by atoms with Crippen molar-refractivity contribution in [1.82, 2.24) is 9.72 Å². The van der Waals surface area contributed by atoms with Crippen LogP contribution in [0.3, 0.4) is 0 Å². The van der Waals surface area contributed by atoms with E-state index in [1.807, 2.05) is 37.6 Å². The molecule has 0 saturated heterocycles. The molecule has 4 nitrogen and oxygen atoms in total. The molecule has 1 atom stereocenters. The molecule has 0 radical (unpaired) electrons. The zero-order chi connectivity index (χ0) is 11.7. The number of hydrogen-bond donors (Lipinski definition) is 0. The summed E-state index contributed by atoms with van der Waals surface area (Å²) in [6.07, 6.45) is 2.74. The molecule has 84 valence electrons. The minimum Gasteiger partial charge on any atom is -0.361 e. The van der Waals surface area contributed by atoms with Gasteiger partial charge in [0.05, 0.1) is 17.4 Å². The number of rotatable bonds is 3. The molecule has 2 aromatic rings. The highest BCUT2D eigenvalue weighted by molar-refractivity contribution is 5.72. The smallest absolute Gasteiger partial charge is 0.166 e. The van der Waals surface area contributed by atoms with Gasteiger partial charge in [0, 0.05) is 11.8 Å². The van der Waals surface area contributed by atoms with Crippen molar-refractivity contribution in [3.05, 3.63) is 41.0 Å². The first-order chi connectivity index (χ1) is 7.65. The fourth-order valence-electron chi connectivity index (χ4n) is 2.08. The van der Waals surface area contributed by atoms with Gasteiger partial charge in [0.25, 0.3) is 0 Å². The van der Waals surface area contributed by atoms with Gasteiger partial charge in [-0.3, -0.25) is 4.79 Å². The Balaban J connectivity index is 2.46. The van der Waals surface area contributed by atoms with Gasteiger partial charge in [0.15, 0.2) is 6.29 Å². The number of hydrogen-bond acceptors (Lipinski definition) is 3. The molecular weight excluding hydrogens is 204 g/mol. The Bertz CT molecular complexity index is 491. The molecule has 0 N–H and O–H groups in total. The van der Waals surface area contributed by atoms with Gasteiger partial charge in [-0.05, 0) is 32.9 Å². The molecule has 1 unspecified atom stereocenters. The Hall–Kier alpha value is -1.84. The third-order valence-electron chi connectivity index (χ3n) is 2.86. The first-order valence-corrected chi connectivity index (χ1v) is 5.20. The molecule has 0 aromatic carbocycles. The van der Waals surface area contributed by atoms with E-state index in [-0.39, 0.29) is 6.04 Å². The van der Waals surface area contributed by atoms with Crippen LogP contribution >= 0.6 is 0 Å². The predicted octanol–water partition coefficient (Wildman–Crippen LogP) is 2.51. The third-order valence-corrected chi connectivity index (χ3v) is 2.86. The normalized spacial score (nSPS) is 12.7. The highest BCUT2D eigenvalue weighted by atomic mass is 16.5. The summed E-state index contributed by atoms with van der Waals surface area (Å²) in [7, 11) is 0. The van der Waals surface area contributed by atoms with E-state index in [0.29, 0.717) is 5.69 Å². The van der Waals surface area contributed by atoms with E-state index < -0.39 is 0 Å². The van der Waals surface area contributed by atoms with Gasteiger partial charge in [0.1, 0.15) is 5.76 Å². The fraction of sp³-hybridized carbons (Fsp3) is 0.333. The summed E-state index contributed by atoms with van der Waals surface area (Å²) < 4.78 is 7.05. The maximum Gasteiger partial charge on any atom is 0.166 e. The van der Waals surface area contributed by atoms with E-state index in [2.05, 4.69) is 5.16 Å². The standard InChI is InChI=1S/C12H14N2O2/c1-8-12(10(3)16-13-8)9(2)14-6-4-5-11(14)7-15/h4-7,9H,1-3H3. The highest BCUT2D eigenvalue weighted by Crippen LogP contribution is 2.25. The van der Waals surface area contributed by atoms with Gasteiger partial charge in [-0.15, -0.1) is 0 Å². The Labute approximate surface area is 93.9 Å². The van der Waals surface area contributed by atoms with Gasteiger partial charge in [0.2, 0.25) is 0 Å². The van der Waals surface area contributed by atoms with Crippen molar-refractivity contribution in [2.45, 2.75) is 26.8 Å². The molecule has 0 saturated carbocycles. The summed E-state index contributed by atoms with van der Waals surface area (Å²) in [4.78, 5) is 10.9. The van der Waals surface area contributed by atoms with Crippen molar-refractivity contribution in [3.63, 3.8) is 0 Å². The first kappa shape index (κ1) is 10.7. The Morgan fingerprint density at radius 2 is 2.25 bits per heavy atom. The third kappa shape index (κ3) is 1.56. The number of carbonyl (C=O) groups is 1. The van der Waals surface area contributed by atoms with Crippen LogP contribution in [0.25, 0.3) is 0 Å². The SMILES string of the molecule is Cc1noc(C)c1C(C)n1cccc1C=O. The summed E-state index contributed by atoms with van der Waals surface area (Å²) in [5.41, 5.74) is 2.57. The Kier molecular flexibility index (Phi) is 2.64. The Morgan fingerprint density at radius 3 is 2.81 bits per heavy atom. The van der Waals surface area contributed by atoms with Gasteiger partial charge in [-0.2, -0.15) is 0 Å². The van der Waals surface area contributed by atoms with Crippen LogP contribution in [0.2, 0.25) is 0 Å². The summed E-state index contributed by atoms with van der Waals surface area (Å²) in [6, 6.07) is 3.71. The van der Waals surface area contributed by atoms with Crippen molar-refractivity contribution in [3.8, 4) is 0 Å². The highest BCUT2D eigenvalue weighted by Gasteiger charge is 2.18. The molecule has 0 fully saturated rings. The maximum absolute atomic E-state index is 10.9. The van der Waals surface area contributed by atoms with Crippen LogP contribution in [-0.2, 0) is 0 Å². The quantitative estimate of drug-likeness (QED) is 0.744. The molecule has 0 amide bonds. The summed E-state index contributed by atoms with van der Waals surface area (Å²) in [5.74, 6) is 0.801. The van der Waals surface area contributed by atoms with E-state index in [1.54, 1.807) is 6.07 Å². The number of aromatic nitrogens is 2. The molecule has 4 heteroatoms. The second-order valence-corrected chi connectivity index (χ2v) is 3.87. The molecule has 0 aliphatic rings.